The molecule has 2 aromatic carbocycles. The van der Waals surface area contributed by atoms with E-state index in [-0.39, 0.29) is 12.6 Å². The fraction of sp³-hybridized carbons (Fsp3) is 0.385. The predicted molar refractivity (Wildman–Crippen MR) is 141 cm³/mol. The van der Waals surface area contributed by atoms with Gasteiger partial charge < -0.3 is 19.5 Å². The number of anilines is 1. The number of nitrogens with zero attached hydrogens (tertiary/aromatic N) is 3. The molecule has 1 N–H and O–H groups in total. The Balaban J connectivity index is 1.41. The molecule has 0 bridgehead atoms. The first-order valence-corrected chi connectivity index (χ1v) is 13.0. The van der Waals surface area contributed by atoms with Gasteiger partial charge in [0.15, 0.2) is 5.75 Å². The van der Waals surface area contributed by atoms with Crippen LogP contribution in [0.1, 0.15) is 30.7 Å². The van der Waals surface area contributed by atoms with Crippen molar-refractivity contribution in [3.05, 3.63) is 75.5 Å². The van der Waals surface area contributed by atoms with Gasteiger partial charge in [0.2, 0.25) is 5.95 Å². The van der Waals surface area contributed by atoms with E-state index in [0.29, 0.717) is 39.7 Å². The zero-order valence-corrected chi connectivity index (χ0v) is 22.7. The Kier molecular flexibility index (Phi) is 8.52. The zero-order chi connectivity index (χ0) is 27.7. The molecule has 0 saturated carbocycles. The van der Waals surface area contributed by atoms with E-state index in [9.17, 15) is 18.3 Å². The standard InChI is InChI=1S/C26H25Cl3F3N3O3/c1-25(2,16-11-20(28)22(21(29)12-16)37-10-8-27)15-3-5-18(6-4-15)38-14-17-7-9-33-24(34-17)35-13-19(23(35)36)26(30,31)32/h3-7,9,11-12,19,23,36H,8,10,13-14H2,1-2H3. The Morgan fingerprint density at radius 1 is 1.03 bits per heavy atom. The summed E-state index contributed by atoms with van der Waals surface area (Å²) in [5, 5.41) is 10.7. The minimum absolute atomic E-state index is 0.0209. The van der Waals surface area contributed by atoms with Gasteiger partial charge in [-0.25, -0.2) is 9.97 Å². The van der Waals surface area contributed by atoms with Gasteiger partial charge in [0.25, 0.3) is 0 Å². The van der Waals surface area contributed by atoms with Crippen molar-refractivity contribution in [3.8, 4) is 11.5 Å². The van der Waals surface area contributed by atoms with Crippen molar-refractivity contribution in [2.24, 2.45) is 5.92 Å². The fourth-order valence-electron chi connectivity index (χ4n) is 4.06. The van der Waals surface area contributed by atoms with Crippen molar-refractivity contribution in [2.75, 3.05) is 23.9 Å². The summed E-state index contributed by atoms with van der Waals surface area (Å²) in [7, 11) is 0. The van der Waals surface area contributed by atoms with Gasteiger partial charge in [0, 0.05) is 18.2 Å². The van der Waals surface area contributed by atoms with E-state index in [0.717, 1.165) is 16.0 Å². The van der Waals surface area contributed by atoms with Gasteiger partial charge in [-0.2, -0.15) is 13.2 Å². The third kappa shape index (κ3) is 6.06. The van der Waals surface area contributed by atoms with Crippen molar-refractivity contribution >= 4 is 40.8 Å². The number of hydrogen-bond acceptors (Lipinski definition) is 6. The Morgan fingerprint density at radius 2 is 1.68 bits per heavy atom. The normalized spacial score (nSPS) is 17.8. The SMILES string of the molecule is CC(C)(c1ccc(OCc2ccnc(N3CC(C(F)(F)F)C3O)n2)cc1)c1cc(Cl)c(OCCCl)c(Cl)c1. The lowest BCUT2D eigenvalue weighted by atomic mass is 9.78. The van der Waals surface area contributed by atoms with Crippen LogP contribution in [0.25, 0.3) is 0 Å². The second kappa shape index (κ2) is 11.3. The van der Waals surface area contributed by atoms with Gasteiger partial charge in [-0.15, -0.1) is 11.6 Å². The van der Waals surface area contributed by atoms with E-state index in [1.165, 1.54) is 6.20 Å². The lowest BCUT2D eigenvalue weighted by molar-refractivity contribution is -0.217. The molecule has 1 saturated heterocycles. The Labute approximate surface area is 233 Å². The smallest absolute Gasteiger partial charge is 0.397 e. The molecule has 0 spiro atoms. The van der Waals surface area contributed by atoms with E-state index >= 15 is 0 Å². The van der Waals surface area contributed by atoms with Crippen molar-refractivity contribution in [1.29, 1.82) is 0 Å². The molecule has 0 aliphatic carbocycles. The highest BCUT2D eigenvalue weighted by molar-refractivity contribution is 6.37. The number of aliphatic hydroxyl groups is 1. The lowest BCUT2D eigenvalue weighted by Crippen LogP contribution is -2.62. The third-order valence-corrected chi connectivity index (χ3v) is 7.17. The highest BCUT2D eigenvalue weighted by Crippen LogP contribution is 2.41. The van der Waals surface area contributed by atoms with Crippen molar-refractivity contribution in [2.45, 2.75) is 38.3 Å². The number of ether oxygens (including phenoxy) is 2. The molecule has 6 nitrogen and oxygen atoms in total. The molecule has 2 atom stereocenters. The van der Waals surface area contributed by atoms with Crippen LogP contribution in [0, 0.1) is 5.92 Å². The molecule has 0 amide bonds. The summed E-state index contributed by atoms with van der Waals surface area (Å²) < 4.78 is 49.9. The van der Waals surface area contributed by atoms with Gasteiger partial charge >= 0.3 is 6.18 Å². The Hall–Kier alpha value is -2.46. The number of rotatable bonds is 9. The minimum Gasteiger partial charge on any atom is -0.489 e. The van der Waals surface area contributed by atoms with Crippen LogP contribution in [-0.2, 0) is 12.0 Å². The number of alkyl halides is 4. The van der Waals surface area contributed by atoms with Gasteiger partial charge in [0.05, 0.1) is 21.6 Å². The van der Waals surface area contributed by atoms with Crippen LogP contribution in [0.5, 0.6) is 11.5 Å². The molecule has 2 heterocycles. The van der Waals surface area contributed by atoms with E-state index in [2.05, 4.69) is 9.97 Å². The lowest BCUT2D eigenvalue weighted by Gasteiger charge is -2.45. The van der Waals surface area contributed by atoms with Crippen LogP contribution in [0.15, 0.2) is 48.7 Å². The van der Waals surface area contributed by atoms with Crippen LogP contribution in [0.3, 0.4) is 0 Å². The van der Waals surface area contributed by atoms with Gasteiger partial charge in [-0.05, 0) is 41.5 Å². The molecule has 204 valence electrons. The Morgan fingerprint density at radius 3 is 2.26 bits per heavy atom. The topological polar surface area (TPSA) is 67.7 Å². The summed E-state index contributed by atoms with van der Waals surface area (Å²) in [5.41, 5.74) is 1.91. The third-order valence-electron chi connectivity index (χ3n) is 6.46. The average molecular weight is 591 g/mol. The van der Waals surface area contributed by atoms with Gasteiger partial charge in [0.1, 0.15) is 31.1 Å². The monoisotopic (exact) mass is 589 g/mol. The second-order valence-electron chi connectivity index (χ2n) is 9.31. The van der Waals surface area contributed by atoms with Crippen LogP contribution in [0.4, 0.5) is 19.1 Å². The molecule has 0 radical (unpaired) electrons. The van der Waals surface area contributed by atoms with E-state index in [1.807, 2.05) is 50.2 Å². The molecule has 4 rings (SSSR count). The maximum absolute atomic E-state index is 12.9. The van der Waals surface area contributed by atoms with Crippen molar-refractivity contribution in [1.82, 2.24) is 9.97 Å². The predicted octanol–water partition coefficient (Wildman–Crippen LogP) is 6.62. The molecule has 1 aromatic heterocycles. The van der Waals surface area contributed by atoms with Gasteiger partial charge in [-0.1, -0.05) is 49.2 Å². The molecule has 1 fully saturated rings. The number of hydrogen-bond donors (Lipinski definition) is 1. The van der Waals surface area contributed by atoms with E-state index in [4.69, 9.17) is 44.3 Å². The number of aliphatic hydroxyl groups excluding tert-OH is 1. The first-order valence-electron chi connectivity index (χ1n) is 11.7. The second-order valence-corrected chi connectivity index (χ2v) is 10.5. The van der Waals surface area contributed by atoms with Crippen LogP contribution < -0.4 is 14.4 Å². The Bertz CT molecular complexity index is 1250. The van der Waals surface area contributed by atoms with Crippen molar-refractivity contribution < 1.29 is 27.8 Å². The number of halogens is 6. The minimum atomic E-state index is -4.47. The molecule has 38 heavy (non-hydrogen) atoms. The van der Waals surface area contributed by atoms with E-state index < -0.39 is 30.3 Å². The largest absolute Gasteiger partial charge is 0.489 e. The summed E-state index contributed by atoms with van der Waals surface area (Å²) in [6, 6.07) is 12.7. The molecular weight excluding hydrogens is 566 g/mol. The number of benzene rings is 2. The number of aromatic nitrogens is 2. The van der Waals surface area contributed by atoms with Crippen LogP contribution in [0.2, 0.25) is 10.0 Å². The summed E-state index contributed by atoms with van der Waals surface area (Å²) in [6.45, 7) is 4.05. The maximum atomic E-state index is 12.9. The average Bonchev–Trinajstić information content (AvgIpc) is 2.85. The zero-order valence-electron chi connectivity index (χ0n) is 20.5. The quantitative estimate of drug-likeness (QED) is 0.283. The molecule has 2 unspecified atom stereocenters. The molecule has 1 aliphatic rings. The fourth-order valence-corrected chi connectivity index (χ4v) is 4.73. The first kappa shape index (κ1) is 28.5. The summed E-state index contributed by atoms with van der Waals surface area (Å²) >= 11 is 18.5. The van der Waals surface area contributed by atoms with Crippen molar-refractivity contribution in [3.63, 3.8) is 0 Å². The van der Waals surface area contributed by atoms with Gasteiger partial charge in [-0.3, -0.25) is 0 Å². The summed E-state index contributed by atoms with van der Waals surface area (Å²) in [6.07, 6.45) is -4.76. The highest BCUT2D eigenvalue weighted by atomic mass is 35.5. The maximum Gasteiger partial charge on any atom is 0.397 e. The van der Waals surface area contributed by atoms with Crippen LogP contribution in [-0.4, -0.2) is 46.5 Å². The van der Waals surface area contributed by atoms with Crippen LogP contribution >= 0.6 is 34.8 Å². The molecule has 1 aliphatic heterocycles. The summed E-state index contributed by atoms with van der Waals surface area (Å²) in [5.74, 6) is -0.507. The molecule has 12 heteroatoms. The van der Waals surface area contributed by atoms with E-state index in [1.54, 1.807) is 6.07 Å². The summed E-state index contributed by atoms with van der Waals surface area (Å²) in [4.78, 5) is 9.32. The molecular formula is C26H25Cl3F3N3O3. The molecule has 3 aromatic rings. The first-order chi connectivity index (χ1) is 17.9. The highest BCUT2D eigenvalue weighted by Gasteiger charge is 2.55.